The maximum absolute atomic E-state index is 12.4. The normalized spacial score (nSPS) is 11.1. The summed E-state index contributed by atoms with van der Waals surface area (Å²) in [6.45, 7) is 2.51. The van der Waals surface area contributed by atoms with Gasteiger partial charge in [-0.25, -0.2) is 5.43 Å². The molecule has 0 aliphatic heterocycles. The van der Waals surface area contributed by atoms with Crippen molar-refractivity contribution in [1.82, 2.24) is 20.2 Å². The lowest BCUT2D eigenvalue weighted by atomic mass is 10.2. The minimum atomic E-state index is -0.300. The van der Waals surface area contributed by atoms with E-state index in [4.69, 9.17) is 39.5 Å². The SMILES string of the molecule is CCOc1ccc(-n2c(SCC(=O)NN=Cc3ccc(Cl)c(Cl)c3)nnc2-c2ccc(Cl)cc2)cc1. The number of carbonyl (C=O) groups is 1. The van der Waals surface area contributed by atoms with Crippen LogP contribution in [-0.4, -0.2) is 39.2 Å². The zero-order valence-electron chi connectivity index (χ0n) is 19.0. The Morgan fingerprint density at radius 1 is 1.03 bits per heavy atom. The number of thioether (sulfide) groups is 1. The first kappa shape index (κ1) is 26.0. The molecule has 0 unspecified atom stereocenters. The lowest BCUT2D eigenvalue weighted by molar-refractivity contribution is -0.118. The van der Waals surface area contributed by atoms with Crippen LogP contribution in [0.5, 0.6) is 5.75 Å². The zero-order valence-corrected chi connectivity index (χ0v) is 22.1. The van der Waals surface area contributed by atoms with Crippen LogP contribution in [0.15, 0.2) is 77.0 Å². The van der Waals surface area contributed by atoms with Crippen LogP contribution in [-0.2, 0) is 4.79 Å². The number of nitrogens with one attached hydrogen (secondary N) is 1. The second-order valence-corrected chi connectivity index (χ2v) is 9.52. The summed E-state index contributed by atoms with van der Waals surface area (Å²) in [6.07, 6.45) is 1.49. The van der Waals surface area contributed by atoms with Gasteiger partial charge in [-0.05, 0) is 73.2 Å². The second-order valence-electron chi connectivity index (χ2n) is 7.33. The van der Waals surface area contributed by atoms with E-state index in [0.717, 1.165) is 17.0 Å². The first-order valence-corrected chi connectivity index (χ1v) is 12.9. The summed E-state index contributed by atoms with van der Waals surface area (Å²) in [5, 5.41) is 14.7. The molecule has 0 fully saturated rings. The highest BCUT2D eigenvalue weighted by atomic mass is 35.5. The molecule has 0 spiro atoms. The van der Waals surface area contributed by atoms with E-state index in [-0.39, 0.29) is 11.7 Å². The highest BCUT2D eigenvalue weighted by molar-refractivity contribution is 7.99. The Hall–Kier alpha value is -3.04. The van der Waals surface area contributed by atoms with Crippen LogP contribution in [0.25, 0.3) is 17.1 Å². The van der Waals surface area contributed by atoms with Gasteiger partial charge in [0.25, 0.3) is 5.91 Å². The molecule has 0 saturated carbocycles. The van der Waals surface area contributed by atoms with Crippen LogP contribution in [0.2, 0.25) is 15.1 Å². The maximum atomic E-state index is 12.4. The summed E-state index contributed by atoms with van der Waals surface area (Å²) in [4.78, 5) is 12.4. The van der Waals surface area contributed by atoms with Gasteiger partial charge >= 0.3 is 0 Å². The maximum Gasteiger partial charge on any atom is 0.250 e. The van der Waals surface area contributed by atoms with E-state index in [9.17, 15) is 4.79 Å². The van der Waals surface area contributed by atoms with Gasteiger partial charge in [-0.2, -0.15) is 5.10 Å². The summed E-state index contributed by atoms with van der Waals surface area (Å²) in [7, 11) is 0. The van der Waals surface area contributed by atoms with Gasteiger partial charge in [0.15, 0.2) is 11.0 Å². The molecule has 36 heavy (non-hydrogen) atoms. The fourth-order valence-electron chi connectivity index (χ4n) is 3.17. The summed E-state index contributed by atoms with van der Waals surface area (Å²) < 4.78 is 7.44. The van der Waals surface area contributed by atoms with E-state index in [1.54, 1.807) is 30.3 Å². The van der Waals surface area contributed by atoms with Crippen LogP contribution >= 0.6 is 46.6 Å². The smallest absolute Gasteiger partial charge is 0.250 e. The van der Waals surface area contributed by atoms with E-state index in [0.29, 0.717) is 38.2 Å². The van der Waals surface area contributed by atoms with E-state index in [1.165, 1.54) is 18.0 Å². The van der Waals surface area contributed by atoms with Crippen LogP contribution < -0.4 is 10.2 Å². The molecule has 0 saturated heterocycles. The third-order valence-corrected chi connectivity index (χ3v) is 6.74. The topological polar surface area (TPSA) is 81.4 Å². The Morgan fingerprint density at radius 2 is 1.78 bits per heavy atom. The van der Waals surface area contributed by atoms with Crippen molar-refractivity contribution in [2.24, 2.45) is 5.10 Å². The Balaban J connectivity index is 1.51. The third kappa shape index (κ3) is 6.59. The van der Waals surface area contributed by atoms with Crippen molar-refractivity contribution in [2.75, 3.05) is 12.4 Å². The average Bonchev–Trinajstić information content (AvgIpc) is 3.30. The Kier molecular flexibility index (Phi) is 8.88. The van der Waals surface area contributed by atoms with Crippen molar-refractivity contribution in [3.8, 4) is 22.8 Å². The van der Waals surface area contributed by atoms with Crippen molar-refractivity contribution in [1.29, 1.82) is 0 Å². The molecule has 1 heterocycles. The van der Waals surface area contributed by atoms with Gasteiger partial charge in [0.2, 0.25) is 0 Å². The monoisotopic (exact) mass is 559 g/mol. The van der Waals surface area contributed by atoms with Crippen LogP contribution in [0.4, 0.5) is 0 Å². The number of hydrogen-bond acceptors (Lipinski definition) is 6. The first-order valence-electron chi connectivity index (χ1n) is 10.8. The number of halogens is 3. The number of amides is 1. The van der Waals surface area contributed by atoms with Crippen molar-refractivity contribution in [3.05, 3.63) is 87.4 Å². The van der Waals surface area contributed by atoms with Crippen molar-refractivity contribution < 1.29 is 9.53 Å². The fraction of sp³-hybridized carbons (Fsp3) is 0.120. The van der Waals surface area contributed by atoms with Gasteiger partial charge in [-0.3, -0.25) is 9.36 Å². The quantitative estimate of drug-likeness (QED) is 0.143. The van der Waals surface area contributed by atoms with Gasteiger partial charge < -0.3 is 4.74 Å². The fourth-order valence-corrected chi connectivity index (χ4v) is 4.35. The molecule has 4 aromatic rings. The Labute approximate surface area is 227 Å². The molecule has 7 nitrogen and oxygen atoms in total. The largest absolute Gasteiger partial charge is 0.494 e. The molecule has 1 N–H and O–H groups in total. The van der Waals surface area contributed by atoms with Gasteiger partial charge in [-0.1, -0.05) is 52.6 Å². The van der Waals surface area contributed by atoms with E-state index >= 15 is 0 Å². The van der Waals surface area contributed by atoms with Gasteiger partial charge in [0, 0.05) is 16.3 Å². The second kappa shape index (κ2) is 12.3. The Morgan fingerprint density at radius 3 is 2.47 bits per heavy atom. The highest BCUT2D eigenvalue weighted by Gasteiger charge is 2.17. The molecule has 1 aromatic heterocycles. The molecule has 11 heteroatoms. The van der Waals surface area contributed by atoms with Crippen LogP contribution in [0, 0.1) is 0 Å². The molecule has 0 aliphatic carbocycles. The molecule has 184 valence electrons. The summed E-state index contributed by atoms with van der Waals surface area (Å²) in [6, 6.07) is 20.0. The van der Waals surface area contributed by atoms with Gasteiger partial charge in [0.1, 0.15) is 5.75 Å². The summed E-state index contributed by atoms with van der Waals surface area (Å²) in [5.74, 6) is 1.16. The minimum Gasteiger partial charge on any atom is -0.494 e. The molecule has 1 amide bonds. The van der Waals surface area contributed by atoms with Crippen molar-refractivity contribution in [2.45, 2.75) is 12.1 Å². The number of carbonyl (C=O) groups excluding carboxylic acids is 1. The summed E-state index contributed by atoms with van der Waals surface area (Å²) in [5.41, 5.74) is 4.88. The van der Waals surface area contributed by atoms with Crippen molar-refractivity contribution in [3.63, 3.8) is 0 Å². The first-order chi connectivity index (χ1) is 17.4. The number of benzene rings is 3. The average molecular weight is 561 g/mol. The standard InChI is InChI=1S/C25H20Cl3N5O2S/c1-2-35-20-10-8-19(9-11-20)33-24(17-4-6-18(26)7-5-17)31-32-25(33)36-15-23(34)30-29-14-16-3-12-21(27)22(28)13-16/h3-14H,2,15H2,1H3,(H,30,34). The number of hydrogen-bond donors (Lipinski definition) is 1. The Bertz CT molecular complexity index is 1380. The molecule has 0 atom stereocenters. The number of aromatic nitrogens is 3. The van der Waals surface area contributed by atoms with Crippen molar-refractivity contribution >= 4 is 58.7 Å². The van der Waals surface area contributed by atoms with Gasteiger partial charge in [0.05, 0.1) is 28.6 Å². The molecule has 3 aromatic carbocycles. The zero-order chi connectivity index (χ0) is 25.5. The van der Waals surface area contributed by atoms with Crippen LogP contribution in [0.3, 0.4) is 0 Å². The lowest BCUT2D eigenvalue weighted by Gasteiger charge is -2.11. The minimum absolute atomic E-state index is 0.0779. The molecule has 4 rings (SSSR count). The number of ether oxygens (including phenoxy) is 1. The third-order valence-electron chi connectivity index (χ3n) is 4.82. The lowest BCUT2D eigenvalue weighted by Crippen LogP contribution is -2.20. The van der Waals surface area contributed by atoms with E-state index in [1.807, 2.05) is 47.9 Å². The summed E-state index contributed by atoms with van der Waals surface area (Å²) >= 11 is 19.2. The number of nitrogens with zero attached hydrogens (tertiary/aromatic N) is 4. The van der Waals surface area contributed by atoms with Gasteiger partial charge in [-0.15, -0.1) is 10.2 Å². The predicted molar refractivity (Wildman–Crippen MR) is 146 cm³/mol. The highest BCUT2D eigenvalue weighted by Crippen LogP contribution is 2.29. The van der Waals surface area contributed by atoms with E-state index < -0.39 is 0 Å². The molecule has 0 radical (unpaired) electrons. The molecule has 0 bridgehead atoms. The predicted octanol–water partition coefficient (Wildman–Crippen LogP) is 6.54. The molecule has 0 aliphatic rings. The molecular formula is C25H20Cl3N5O2S. The van der Waals surface area contributed by atoms with Crippen LogP contribution in [0.1, 0.15) is 12.5 Å². The molecular weight excluding hydrogens is 541 g/mol. The van der Waals surface area contributed by atoms with E-state index in [2.05, 4.69) is 20.7 Å². The number of rotatable bonds is 9. The number of hydrazone groups is 1.